The monoisotopic (exact) mass is 402 g/mol. The van der Waals surface area contributed by atoms with Gasteiger partial charge in [-0.05, 0) is 49.4 Å². The first-order valence-electron chi connectivity index (χ1n) is 8.65. The van der Waals surface area contributed by atoms with Gasteiger partial charge in [0.2, 0.25) is 0 Å². The van der Waals surface area contributed by atoms with Gasteiger partial charge in [-0.2, -0.15) is 13.2 Å². The van der Waals surface area contributed by atoms with Crippen LogP contribution in [0.1, 0.15) is 27.2 Å². The molecule has 29 heavy (non-hydrogen) atoms. The predicted molar refractivity (Wildman–Crippen MR) is 101 cm³/mol. The maximum atomic E-state index is 13.2. The third-order valence-electron chi connectivity index (χ3n) is 4.10. The maximum absolute atomic E-state index is 13.2. The Bertz CT molecular complexity index is 1060. The Morgan fingerprint density at radius 1 is 1.03 bits per heavy atom. The summed E-state index contributed by atoms with van der Waals surface area (Å²) in [5.74, 6) is 0.523. The molecule has 0 fully saturated rings. The zero-order chi connectivity index (χ0) is 21.0. The molecule has 1 aromatic heterocycles. The van der Waals surface area contributed by atoms with E-state index in [1.54, 1.807) is 24.3 Å². The van der Waals surface area contributed by atoms with Gasteiger partial charge >= 0.3 is 6.18 Å². The minimum absolute atomic E-state index is 0.0893. The molecule has 2 N–H and O–H groups in total. The molecule has 0 unspecified atom stereocenters. The molecule has 0 saturated carbocycles. The number of aromatic amines is 1. The van der Waals surface area contributed by atoms with Crippen LogP contribution in [0.15, 0.2) is 65.5 Å². The number of halogens is 3. The Kier molecular flexibility index (Phi) is 5.72. The molecule has 8 heteroatoms. The number of hydrogen-bond donors (Lipinski definition) is 2. The van der Waals surface area contributed by atoms with E-state index in [1.807, 2.05) is 18.2 Å². The number of H-pyrrole nitrogens is 1. The summed E-state index contributed by atoms with van der Waals surface area (Å²) >= 11 is 0. The van der Waals surface area contributed by atoms with E-state index in [4.69, 9.17) is 4.74 Å². The number of rotatable bonds is 5. The van der Waals surface area contributed by atoms with E-state index in [0.29, 0.717) is 11.5 Å². The predicted octanol–water partition coefficient (Wildman–Crippen LogP) is 4.42. The summed E-state index contributed by atoms with van der Waals surface area (Å²) in [4.78, 5) is 26.6. The molecule has 0 spiro atoms. The number of pyridine rings is 1. The number of aryl methyl sites for hydroxylation is 1. The van der Waals surface area contributed by atoms with Gasteiger partial charge in [0, 0.05) is 23.4 Å². The van der Waals surface area contributed by atoms with Crippen LogP contribution in [0.5, 0.6) is 11.5 Å². The number of amides is 1. The number of aromatic nitrogens is 1. The summed E-state index contributed by atoms with van der Waals surface area (Å²) in [6.45, 7) is 0.809. The molecule has 5 nitrogen and oxygen atoms in total. The third kappa shape index (κ3) is 5.04. The van der Waals surface area contributed by atoms with Crippen LogP contribution in [0.4, 0.5) is 13.2 Å². The minimum atomic E-state index is -4.70. The SMILES string of the molecule is Cc1cc(C(F)(F)F)c(CNC(=O)c2ccc(Oc3ccccc3)cc2)c(=O)[nH]1. The summed E-state index contributed by atoms with van der Waals surface area (Å²) in [6, 6.07) is 16.0. The first-order chi connectivity index (χ1) is 13.7. The zero-order valence-corrected chi connectivity index (χ0v) is 15.3. The second-order valence-corrected chi connectivity index (χ2v) is 6.29. The quantitative estimate of drug-likeness (QED) is 0.664. The van der Waals surface area contributed by atoms with Crippen molar-refractivity contribution in [2.24, 2.45) is 0 Å². The Balaban J connectivity index is 1.71. The number of carbonyl (C=O) groups excluding carboxylic acids is 1. The molecule has 0 radical (unpaired) electrons. The van der Waals surface area contributed by atoms with Gasteiger partial charge in [0.05, 0.1) is 5.56 Å². The van der Waals surface area contributed by atoms with E-state index < -0.39 is 35.3 Å². The van der Waals surface area contributed by atoms with E-state index in [-0.39, 0.29) is 11.3 Å². The molecule has 3 rings (SSSR count). The van der Waals surface area contributed by atoms with E-state index in [1.165, 1.54) is 19.1 Å². The first-order valence-corrected chi connectivity index (χ1v) is 8.65. The fraction of sp³-hybridized carbons (Fsp3) is 0.143. The molecule has 0 aliphatic carbocycles. The van der Waals surface area contributed by atoms with Crippen molar-refractivity contribution in [2.45, 2.75) is 19.6 Å². The normalized spacial score (nSPS) is 11.2. The fourth-order valence-electron chi connectivity index (χ4n) is 2.71. The molecule has 1 amide bonds. The van der Waals surface area contributed by atoms with Crippen LogP contribution >= 0.6 is 0 Å². The smallest absolute Gasteiger partial charge is 0.417 e. The molecule has 1 heterocycles. The second kappa shape index (κ2) is 8.22. The van der Waals surface area contributed by atoms with Crippen LogP contribution in [0.25, 0.3) is 0 Å². The lowest BCUT2D eigenvalue weighted by molar-refractivity contribution is -0.138. The molecule has 0 atom stereocenters. The van der Waals surface area contributed by atoms with Gasteiger partial charge < -0.3 is 15.0 Å². The minimum Gasteiger partial charge on any atom is -0.457 e. The van der Waals surface area contributed by atoms with Crippen LogP contribution in [0, 0.1) is 6.92 Å². The average molecular weight is 402 g/mol. The Morgan fingerprint density at radius 2 is 1.66 bits per heavy atom. The van der Waals surface area contributed by atoms with Crippen molar-refractivity contribution in [3.05, 3.63) is 93.4 Å². The number of ether oxygens (including phenoxy) is 1. The van der Waals surface area contributed by atoms with E-state index in [2.05, 4.69) is 10.3 Å². The Hall–Kier alpha value is -3.55. The van der Waals surface area contributed by atoms with Gasteiger partial charge in [-0.3, -0.25) is 9.59 Å². The van der Waals surface area contributed by atoms with Gasteiger partial charge in [0.1, 0.15) is 11.5 Å². The van der Waals surface area contributed by atoms with Gasteiger partial charge in [-0.25, -0.2) is 0 Å². The lowest BCUT2D eigenvalue weighted by atomic mass is 10.1. The average Bonchev–Trinajstić information content (AvgIpc) is 2.67. The lowest BCUT2D eigenvalue weighted by Crippen LogP contribution is -2.30. The molecule has 3 aromatic rings. The van der Waals surface area contributed by atoms with Crippen molar-refractivity contribution in [3.8, 4) is 11.5 Å². The van der Waals surface area contributed by atoms with Crippen molar-refractivity contribution in [1.29, 1.82) is 0 Å². The van der Waals surface area contributed by atoms with Crippen molar-refractivity contribution < 1.29 is 22.7 Å². The van der Waals surface area contributed by atoms with Crippen LogP contribution in [0.2, 0.25) is 0 Å². The number of alkyl halides is 3. The zero-order valence-electron chi connectivity index (χ0n) is 15.3. The molecular weight excluding hydrogens is 385 g/mol. The summed E-state index contributed by atoms with van der Waals surface area (Å²) in [5, 5.41) is 2.36. The van der Waals surface area contributed by atoms with Gasteiger partial charge in [-0.1, -0.05) is 18.2 Å². The highest BCUT2D eigenvalue weighted by molar-refractivity contribution is 5.94. The molecule has 2 aromatic carbocycles. The summed E-state index contributed by atoms with van der Waals surface area (Å²) in [7, 11) is 0. The van der Waals surface area contributed by atoms with Crippen LogP contribution in [-0.4, -0.2) is 10.9 Å². The highest BCUT2D eigenvalue weighted by Crippen LogP contribution is 2.31. The van der Waals surface area contributed by atoms with Gasteiger partial charge in [0.15, 0.2) is 0 Å². The van der Waals surface area contributed by atoms with Crippen LogP contribution < -0.4 is 15.6 Å². The third-order valence-corrected chi connectivity index (χ3v) is 4.10. The standard InChI is InChI=1S/C21H17F3N2O3/c1-13-11-18(21(22,23)24)17(20(28)26-13)12-25-19(27)14-7-9-16(10-8-14)29-15-5-3-2-4-6-15/h2-11H,12H2,1H3,(H,25,27)(H,26,28). The molecule has 0 saturated heterocycles. The summed E-state index contributed by atoms with van der Waals surface area (Å²) in [6.07, 6.45) is -4.70. The highest BCUT2D eigenvalue weighted by atomic mass is 19.4. The fourth-order valence-corrected chi connectivity index (χ4v) is 2.71. The molecular formula is C21H17F3N2O3. The van der Waals surface area contributed by atoms with E-state index in [9.17, 15) is 22.8 Å². The molecule has 0 aliphatic heterocycles. The molecule has 0 bridgehead atoms. The van der Waals surface area contributed by atoms with Crippen molar-refractivity contribution in [1.82, 2.24) is 10.3 Å². The van der Waals surface area contributed by atoms with Gasteiger partial charge in [-0.15, -0.1) is 0 Å². The second-order valence-electron chi connectivity index (χ2n) is 6.29. The lowest BCUT2D eigenvalue weighted by Gasteiger charge is -2.13. The van der Waals surface area contributed by atoms with E-state index in [0.717, 1.165) is 6.07 Å². The number of nitrogens with one attached hydrogen (secondary N) is 2. The summed E-state index contributed by atoms with van der Waals surface area (Å²) in [5.41, 5.74) is -2.18. The first kappa shape index (κ1) is 20.2. The molecule has 150 valence electrons. The Morgan fingerprint density at radius 3 is 2.28 bits per heavy atom. The van der Waals surface area contributed by atoms with Crippen LogP contribution in [0.3, 0.4) is 0 Å². The topological polar surface area (TPSA) is 71.2 Å². The number of benzene rings is 2. The van der Waals surface area contributed by atoms with Crippen molar-refractivity contribution in [2.75, 3.05) is 0 Å². The van der Waals surface area contributed by atoms with Crippen molar-refractivity contribution >= 4 is 5.91 Å². The van der Waals surface area contributed by atoms with E-state index >= 15 is 0 Å². The number of hydrogen-bond acceptors (Lipinski definition) is 3. The maximum Gasteiger partial charge on any atom is 0.417 e. The van der Waals surface area contributed by atoms with Crippen LogP contribution in [-0.2, 0) is 12.7 Å². The highest BCUT2D eigenvalue weighted by Gasteiger charge is 2.35. The Labute approximate surface area is 164 Å². The largest absolute Gasteiger partial charge is 0.457 e. The summed E-state index contributed by atoms with van der Waals surface area (Å²) < 4.78 is 45.2. The van der Waals surface area contributed by atoms with Gasteiger partial charge in [0.25, 0.3) is 11.5 Å². The number of para-hydroxylation sites is 1. The van der Waals surface area contributed by atoms with Crippen molar-refractivity contribution in [3.63, 3.8) is 0 Å². The number of carbonyl (C=O) groups is 1. The molecule has 0 aliphatic rings.